The van der Waals surface area contributed by atoms with E-state index in [-0.39, 0.29) is 23.9 Å². The summed E-state index contributed by atoms with van der Waals surface area (Å²) in [5, 5.41) is 3.36. The average Bonchev–Trinajstić information content (AvgIpc) is 3.41. The number of hydrogen-bond acceptors (Lipinski definition) is 5. The van der Waals surface area contributed by atoms with Crippen LogP contribution in [0.25, 0.3) is 0 Å². The highest BCUT2D eigenvalue weighted by Gasteiger charge is 2.57. The Morgan fingerprint density at radius 3 is 2.50 bits per heavy atom. The first-order valence-electron chi connectivity index (χ1n) is 10.5. The largest absolute Gasteiger partial charge is 0.491 e. The van der Waals surface area contributed by atoms with E-state index in [0.717, 1.165) is 4.68 Å². The van der Waals surface area contributed by atoms with E-state index in [4.69, 9.17) is 25.8 Å². The van der Waals surface area contributed by atoms with E-state index in [1.54, 1.807) is 36.4 Å². The van der Waals surface area contributed by atoms with Crippen molar-refractivity contribution in [3.05, 3.63) is 63.9 Å². The number of hydrogen-bond donors (Lipinski definition) is 0. The van der Waals surface area contributed by atoms with Crippen LogP contribution in [0.3, 0.4) is 0 Å². The van der Waals surface area contributed by atoms with Gasteiger partial charge in [0.05, 0.1) is 6.54 Å². The number of fused-ring (bicyclic) bond motifs is 5. The fourth-order valence-corrected chi connectivity index (χ4v) is 5.13. The minimum Gasteiger partial charge on any atom is -0.491 e. The van der Waals surface area contributed by atoms with E-state index in [9.17, 15) is 18.0 Å². The molecule has 2 aromatic carbocycles. The number of rotatable bonds is 2. The van der Waals surface area contributed by atoms with Gasteiger partial charge in [-0.15, -0.1) is 0 Å². The molecule has 1 unspecified atom stereocenters. The lowest BCUT2D eigenvalue weighted by molar-refractivity contribution is -0.142. The maximum atomic E-state index is 14.0. The molecule has 1 amide bonds. The quantitative estimate of drug-likeness (QED) is 0.540. The first kappa shape index (κ1) is 21.2. The Kier molecular flexibility index (Phi) is 4.39. The highest BCUT2D eigenvalue weighted by atomic mass is 35.5. The summed E-state index contributed by atoms with van der Waals surface area (Å²) < 4.78 is 59.3. The van der Waals surface area contributed by atoms with Gasteiger partial charge in [-0.05, 0) is 17.7 Å². The van der Waals surface area contributed by atoms with Crippen molar-refractivity contribution < 1.29 is 32.2 Å². The molecule has 0 fully saturated rings. The molecule has 4 heterocycles. The Labute approximate surface area is 196 Å². The van der Waals surface area contributed by atoms with Crippen LogP contribution in [0.5, 0.6) is 17.2 Å². The zero-order chi connectivity index (χ0) is 23.8. The molecule has 7 nitrogen and oxygen atoms in total. The monoisotopic (exact) mass is 491 g/mol. The topological polar surface area (TPSA) is 65.8 Å². The summed E-state index contributed by atoms with van der Waals surface area (Å²) in [6.07, 6.45) is -4.72. The van der Waals surface area contributed by atoms with Gasteiger partial charge < -0.3 is 19.1 Å². The van der Waals surface area contributed by atoms with Gasteiger partial charge in [0.1, 0.15) is 36.1 Å². The van der Waals surface area contributed by atoms with Crippen molar-refractivity contribution in [2.24, 2.45) is 7.05 Å². The van der Waals surface area contributed by atoms with E-state index in [1.807, 2.05) is 0 Å². The number of anilines is 1. The molecular weight excluding hydrogens is 475 g/mol. The summed E-state index contributed by atoms with van der Waals surface area (Å²) in [5.74, 6) is 1.09. The van der Waals surface area contributed by atoms with Crippen molar-refractivity contribution in [1.82, 2.24) is 9.78 Å². The van der Waals surface area contributed by atoms with E-state index in [0.29, 0.717) is 47.3 Å². The molecular formula is C23H17ClF3N3O4. The number of aryl methyl sites for hydroxylation is 1. The number of para-hydroxylation sites is 1. The third-order valence-electron chi connectivity index (χ3n) is 6.47. The van der Waals surface area contributed by atoms with Crippen LogP contribution in [0, 0.1) is 0 Å². The molecule has 1 aromatic heterocycles. The zero-order valence-corrected chi connectivity index (χ0v) is 18.5. The lowest BCUT2D eigenvalue weighted by Crippen LogP contribution is -2.42. The maximum absolute atomic E-state index is 14.0. The number of amides is 1. The maximum Gasteiger partial charge on any atom is 0.435 e. The molecule has 3 aliphatic rings. The van der Waals surface area contributed by atoms with E-state index < -0.39 is 23.2 Å². The first-order chi connectivity index (χ1) is 16.2. The van der Waals surface area contributed by atoms with Gasteiger partial charge in [-0.2, -0.15) is 18.3 Å². The number of halogens is 4. The van der Waals surface area contributed by atoms with Gasteiger partial charge in [-0.3, -0.25) is 9.48 Å². The van der Waals surface area contributed by atoms with Crippen LogP contribution in [0.2, 0.25) is 5.15 Å². The Balaban J connectivity index is 1.49. The van der Waals surface area contributed by atoms with Crippen molar-refractivity contribution in [1.29, 1.82) is 0 Å². The summed E-state index contributed by atoms with van der Waals surface area (Å²) in [6.45, 7) is 0.388. The van der Waals surface area contributed by atoms with Gasteiger partial charge in [0, 0.05) is 29.9 Å². The third kappa shape index (κ3) is 2.78. The lowest BCUT2D eigenvalue weighted by atomic mass is 9.77. The van der Waals surface area contributed by atoms with Crippen molar-refractivity contribution in [2.45, 2.75) is 18.1 Å². The number of ether oxygens (including phenoxy) is 3. The van der Waals surface area contributed by atoms with Gasteiger partial charge in [0.2, 0.25) is 5.91 Å². The molecule has 0 radical (unpaired) electrons. The predicted octanol–water partition coefficient (Wildman–Crippen LogP) is 4.09. The normalized spacial score (nSPS) is 20.5. The van der Waals surface area contributed by atoms with Crippen LogP contribution in [0.1, 0.15) is 22.4 Å². The lowest BCUT2D eigenvalue weighted by Gasteiger charge is -2.25. The third-order valence-corrected chi connectivity index (χ3v) is 6.94. The summed E-state index contributed by atoms with van der Waals surface area (Å²) in [7, 11) is 1.33. The molecule has 34 heavy (non-hydrogen) atoms. The van der Waals surface area contributed by atoms with E-state index in [1.165, 1.54) is 11.9 Å². The van der Waals surface area contributed by atoms with Gasteiger partial charge >= 0.3 is 6.18 Å². The molecule has 0 aliphatic carbocycles. The van der Waals surface area contributed by atoms with Crippen LogP contribution >= 0.6 is 11.6 Å². The van der Waals surface area contributed by atoms with Crippen LogP contribution in [0.15, 0.2) is 36.4 Å². The van der Waals surface area contributed by atoms with Crippen LogP contribution < -0.4 is 19.1 Å². The number of benzene rings is 2. The van der Waals surface area contributed by atoms with Crippen LogP contribution in [-0.4, -0.2) is 35.5 Å². The summed E-state index contributed by atoms with van der Waals surface area (Å²) in [6, 6.07) is 10.4. The van der Waals surface area contributed by atoms with E-state index in [2.05, 4.69) is 5.10 Å². The second kappa shape index (κ2) is 7.05. The number of alkyl halides is 3. The van der Waals surface area contributed by atoms with Crippen molar-refractivity contribution in [3.63, 3.8) is 0 Å². The number of carbonyl (C=O) groups excluding carboxylic acids is 1. The Bertz CT molecular complexity index is 1360. The second-order valence-electron chi connectivity index (χ2n) is 8.33. The van der Waals surface area contributed by atoms with Gasteiger partial charge in [-0.25, -0.2) is 0 Å². The zero-order valence-electron chi connectivity index (χ0n) is 17.8. The van der Waals surface area contributed by atoms with Crippen LogP contribution in [-0.2, 0) is 30.0 Å². The predicted molar refractivity (Wildman–Crippen MR) is 115 cm³/mol. The summed E-state index contributed by atoms with van der Waals surface area (Å²) >= 11 is 6.19. The SMILES string of the molecule is Cn1nc(C(F)(F)F)c(CN2C(=O)C3(COc4cc5c(cc43)OCCO5)c3ccccc32)c1Cl. The van der Waals surface area contributed by atoms with Crippen molar-refractivity contribution in [2.75, 3.05) is 24.7 Å². The number of aromatic nitrogens is 2. The minimum atomic E-state index is -4.72. The van der Waals surface area contributed by atoms with Crippen molar-refractivity contribution >= 4 is 23.2 Å². The smallest absolute Gasteiger partial charge is 0.435 e. The Morgan fingerprint density at radius 1 is 1.06 bits per heavy atom. The second-order valence-corrected chi connectivity index (χ2v) is 8.69. The van der Waals surface area contributed by atoms with E-state index >= 15 is 0 Å². The summed E-state index contributed by atoms with van der Waals surface area (Å²) in [5.41, 5.74) is -0.887. The molecule has 6 rings (SSSR count). The molecule has 1 atom stereocenters. The summed E-state index contributed by atoms with van der Waals surface area (Å²) in [4.78, 5) is 15.3. The molecule has 0 bridgehead atoms. The van der Waals surface area contributed by atoms with Gasteiger partial charge in [-0.1, -0.05) is 29.8 Å². The highest BCUT2D eigenvalue weighted by molar-refractivity contribution is 6.30. The van der Waals surface area contributed by atoms with Crippen molar-refractivity contribution in [3.8, 4) is 17.2 Å². The van der Waals surface area contributed by atoms with Gasteiger partial charge in [0.25, 0.3) is 0 Å². The highest BCUT2D eigenvalue weighted by Crippen LogP contribution is 2.55. The molecule has 0 N–H and O–H groups in total. The standard InChI is InChI=1S/C23H17ClF3N3O4/c1-29-20(24)12(19(28-29)23(25,26)27)10-30-15-5-3-2-4-13(15)22(21(30)31)11-34-16-9-18-17(8-14(16)22)32-6-7-33-18/h2-5,8-9H,6-7,10-11H2,1H3. The Hall–Kier alpha value is -3.40. The van der Waals surface area contributed by atoms with Gasteiger partial charge in [0.15, 0.2) is 17.2 Å². The first-order valence-corrected chi connectivity index (χ1v) is 10.9. The fourth-order valence-electron chi connectivity index (χ4n) is 4.94. The Morgan fingerprint density at radius 2 is 1.76 bits per heavy atom. The molecule has 176 valence electrons. The molecule has 3 aliphatic heterocycles. The molecule has 1 spiro atoms. The average molecular weight is 492 g/mol. The molecule has 0 saturated heterocycles. The van der Waals surface area contributed by atoms with Crippen LogP contribution in [0.4, 0.5) is 18.9 Å². The molecule has 11 heteroatoms. The number of carbonyl (C=O) groups is 1. The fraction of sp³-hybridized carbons (Fsp3) is 0.304. The number of nitrogens with zero attached hydrogens (tertiary/aromatic N) is 3. The minimum absolute atomic E-state index is 0.00444. The molecule has 3 aromatic rings. The molecule has 0 saturated carbocycles.